The van der Waals surface area contributed by atoms with Gasteiger partial charge in [-0.15, -0.1) is 0 Å². The maximum absolute atomic E-state index is 12.2. The Morgan fingerprint density at radius 2 is 0.481 bits per heavy atom. The Bertz CT molecular complexity index is 2230. The fourth-order valence-electron chi connectivity index (χ4n) is 12.3. The standard InChI is InChI=1S/2C36H60O3S.Ba/c2*1-3-5-7-9-11-13-15-17-19-21-23-26-32-30-31-33-27-25-29-35(40(37,38)39)36(33)34(32)28-24-22-20-18-16-14-12-10-8-6-4-2;/h2*25,27,29-31H,3-24,26,28H2,1-2H3,(H,37,38,39);/q;;+2/p-2. The zero-order chi connectivity index (χ0) is 57.8. The Morgan fingerprint density at radius 3 is 0.704 bits per heavy atom. The maximum atomic E-state index is 12.2. The van der Waals surface area contributed by atoms with Crippen molar-refractivity contribution in [3.8, 4) is 0 Å². The third kappa shape index (κ3) is 34.1. The van der Waals surface area contributed by atoms with Crippen LogP contribution >= 0.6 is 0 Å². The quantitative estimate of drug-likeness (QED) is 0.0247. The first-order valence-corrected chi connectivity index (χ1v) is 36.8. The topological polar surface area (TPSA) is 114 Å². The van der Waals surface area contributed by atoms with Gasteiger partial charge in [-0.3, -0.25) is 0 Å². The molecular formula is C72H118BaO6S2. The largest absolute Gasteiger partial charge is 2.00 e. The average Bonchev–Trinajstić information content (AvgIpc) is 3.44. The molecule has 6 nitrogen and oxygen atoms in total. The molecule has 0 unspecified atom stereocenters. The van der Waals surface area contributed by atoms with Crippen LogP contribution < -0.4 is 0 Å². The number of fused-ring (bicyclic) bond motifs is 2. The first kappa shape index (κ1) is 75.9. The van der Waals surface area contributed by atoms with Gasteiger partial charge in [0.05, 0.1) is 9.79 Å². The van der Waals surface area contributed by atoms with Crippen LogP contribution in [-0.4, -0.2) is 74.8 Å². The smallest absolute Gasteiger partial charge is 0.744 e. The van der Waals surface area contributed by atoms with Crippen molar-refractivity contribution < 1.29 is 25.9 Å². The van der Waals surface area contributed by atoms with Crippen molar-refractivity contribution >= 4 is 90.7 Å². The molecule has 0 aromatic heterocycles. The van der Waals surface area contributed by atoms with Gasteiger partial charge in [0.15, 0.2) is 0 Å². The van der Waals surface area contributed by atoms with Crippen molar-refractivity contribution in [3.63, 3.8) is 0 Å². The van der Waals surface area contributed by atoms with Crippen LogP contribution in [0.15, 0.2) is 70.5 Å². The average molecular weight is 1280 g/mol. The van der Waals surface area contributed by atoms with Crippen molar-refractivity contribution in [1.29, 1.82) is 0 Å². The summed E-state index contributed by atoms with van der Waals surface area (Å²) in [7, 11) is -9.04. The Morgan fingerprint density at radius 1 is 0.272 bits per heavy atom. The minimum atomic E-state index is -4.52. The Balaban J connectivity index is 0.000000547. The molecule has 0 aliphatic rings. The molecule has 456 valence electrons. The number of hydrogen-bond donors (Lipinski definition) is 0. The molecule has 81 heavy (non-hydrogen) atoms. The minimum absolute atomic E-state index is 0. The van der Waals surface area contributed by atoms with Crippen LogP contribution in [0.25, 0.3) is 21.5 Å². The number of benzene rings is 4. The monoisotopic (exact) mass is 1280 g/mol. The van der Waals surface area contributed by atoms with Crippen LogP contribution in [-0.2, 0) is 45.9 Å². The van der Waals surface area contributed by atoms with Gasteiger partial charge in [-0.2, -0.15) is 0 Å². The van der Waals surface area contributed by atoms with Gasteiger partial charge in [0.2, 0.25) is 0 Å². The molecule has 4 aromatic carbocycles. The number of hydrogen-bond acceptors (Lipinski definition) is 6. The molecule has 0 spiro atoms. The molecule has 0 amide bonds. The third-order valence-corrected chi connectivity index (χ3v) is 18.9. The van der Waals surface area contributed by atoms with Crippen molar-refractivity contribution in [2.75, 3.05) is 0 Å². The van der Waals surface area contributed by atoms with Crippen molar-refractivity contribution in [1.82, 2.24) is 0 Å². The van der Waals surface area contributed by atoms with Crippen LogP contribution in [0.3, 0.4) is 0 Å². The van der Waals surface area contributed by atoms with Gasteiger partial charge in [0, 0.05) is 10.8 Å². The number of unbranched alkanes of at least 4 members (excludes halogenated alkanes) is 40. The summed E-state index contributed by atoms with van der Waals surface area (Å²) in [5.74, 6) is 0. The van der Waals surface area contributed by atoms with Crippen LogP contribution in [0, 0.1) is 0 Å². The summed E-state index contributed by atoms with van der Waals surface area (Å²) in [6, 6.07) is 18.7. The van der Waals surface area contributed by atoms with E-state index in [4.69, 9.17) is 0 Å². The predicted molar refractivity (Wildman–Crippen MR) is 350 cm³/mol. The molecule has 4 aromatic rings. The molecule has 0 N–H and O–H groups in total. The van der Waals surface area contributed by atoms with Gasteiger partial charge < -0.3 is 9.11 Å². The Hall–Kier alpha value is -1.21. The Kier molecular flexibility index (Phi) is 45.8. The van der Waals surface area contributed by atoms with Gasteiger partial charge in [0.1, 0.15) is 20.2 Å². The normalized spacial score (nSPS) is 11.8. The molecule has 0 aliphatic carbocycles. The van der Waals surface area contributed by atoms with Gasteiger partial charge in [-0.1, -0.05) is 333 Å². The minimum Gasteiger partial charge on any atom is -0.744 e. The van der Waals surface area contributed by atoms with E-state index in [1.807, 2.05) is 24.3 Å². The zero-order valence-electron chi connectivity index (χ0n) is 52.7. The molecule has 0 heterocycles. The molecule has 0 fully saturated rings. The van der Waals surface area contributed by atoms with E-state index >= 15 is 0 Å². The van der Waals surface area contributed by atoms with Crippen LogP contribution in [0.5, 0.6) is 0 Å². The number of aryl methyl sites for hydroxylation is 4. The van der Waals surface area contributed by atoms with Crippen molar-refractivity contribution in [2.24, 2.45) is 0 Å². The first-order chi connectivity index (χ1) is 39.0. The van der Waals surface area contributed by atoms with Crippen LogP contribution in [0.1, 0.15) is 332 Å². The van der Waals surface area contributed by atoms with E-state index < -0.39 is 20.2 Å². The summed E-state index contributed by atoms with van der Waals surface area (Å²) >= 11 is 0. The molecule has 0 bridgehead atoms. The molecule has 0 saturated carbocycles. The summed E-state index contributed by atoms with van der Waals surface area (Å²) < 4.78 is 73.0. The van der Waals surface area contributed by atoms with Gasteiger partial charge in [-0.25, -0.2) is 16.8 Å². The van der Waals surface area contributed by atoms with Crippen molar-refractivity contribution in [2.45, 2.75) is 346 Å². The van der Waals surface area contributed by atoms with E-state index in [0.29, 0.717) is 10.8 Å². The molecular weight excluding hydrogens is 1160 g/mol. The van der Waals surface area contributed by atoms with Crippen LogP contribution in [0.2, 0.25) is 0 Å². The summed E-state index contributed by atoms with van der Waals surface area (Å²) in [4.78, 5) is -0.0762. The third-order valence-electron chi connectivity index (χ3n) is 17.1. The second-order valence-electron chi connectivity index (χ2n) is 24.2. The van der Waals surface area contributed by atoms with Gasteiger partial charge in [0.25, 0.3) is 0 Å². The zero-order valence-corrected chi connectivity index (χ0v) is 58.8. The predicted octanol–water partition coefficient (Wildman–Crippen LogP) is 22.5. The summed E-state index contributed by atoms with van der Waals surface area (Å²) in [6.45, 7) is 9.06. The molecule has 0 aliphatic heterocycles. The fraction of sp³-hybridized carbons (Fsp3) is 0.722. The van der Waals surface area contributed by atoms with E-state index in [9.17, 15) is 25.9 Å². The van der Waals surface area contributed by atoms with Gasteiger partial charge in [-0.05, 0) is 96.5 Å². The molecule has 0 radical (unpaired) electrons. The van der Waals surface area contributed by atoms with E-state index in [1.54, 1.807) is 12.1 Å². The maximum Gasteiger partial charge on any atom is 2.00 e. The molecule has 4 rings (SSSR count). The van der Waals surface area contributed by atoms with Crippen LogP contribution in [0.4, 0.5) is 0 Å². The second kappa shape index (κ2) is 48.9. The summed E-state index contributed by atoms with van der Waals surface area (Å²) in [5.41, 5.74) is 4.70. The Labute approximate surface area is 540 Å². The van der Waals surface area contributed by atoms with E-state index in [2.05, 4.69) is 39.8 Å². The fourth-order valence-corrected chi connectivity index (χ4v) is 13.7. The summed E-state index contributed by atoms with van der Waals surface area (Å²) in [6.07, 6.45) is 61.0. The van der Waals surface area contributed by atoms with E-state index in [-0.39, 0.29) is 58.7 Å². The van der Waals surface area contributed by atoms with E-state index in [1.165, 1.54) is 267 Å². The SMILES string of the molecule is CCCCCCCCCCCCCc1ccc2cccc(S(=O)(=O)[O-])c2c1CCCCCCCCCCCCC.CCCCCCCCCCCCCc1ccc2cccc(S(=O)(=O)[O-])c2c1CCCCCCCCCCCCC.[Ba+2]. The van der Waals surface area contributed by atoms with Crippen molar-refractivity contribution in [3.05, 3.63) is 82.9 Å². The van der Waals surface area contributed by atoms with E-state index in [0.717, 1.165) is 86.1 Å². The number of rotatable bonds is 50. The molecule has 0 saturated heterocycles. The molecule has 0 atom stereocenters. The first-order valence-electron chi connectivity index (χ1n) is 34.0. The second-order valence-corrected chi connectivity index (χ2v) is 26.9. The molecule has 9 heteroatoms. The van der Waals surface area contributed by atoms with Gasteiger partial charge >= 0.3 is 48.9 Å². The summed E-state index contributed by atoms with van der Waals surface area (Å²) in [5, 5.41) is 3.12.